The standard InChI is InChI=1S/C25H29ClO4/c1-13(2)7-6-8-23(5)19-9-15(14(3)4)12-24(19)17-10-16(27)11-18(28)20(17)21(29)25(23,26)22(24)30/h7,10-11,19,27-28H,6,8-9,12H2,1-5H3/t19-,23-,24?,25-/m1/s1. The van der Waals surface area contributed by atoms with Gasteiger partial charge in [-0.2, -0.15) is 0 Å². The lowest BCUT2D eigenvalue weighted by atomic mass is 9.66. The molecule has 1 aromatic carbocycles. The van der Waals surface area contributed by atoms with E-state index < -0.39 is 21.5 Å². The number of aromatic hydroxyl groups is 2. The second-order valence-corrected chi connectivity index (χ2v) is 10.5. The summed E-state index contributed by atoms with van der Waals surface area (Å²) < 4.78 is 0. The average Bonchev–Trinajstić information content (AvgIpc) is 3.09. The van der Waals surface area contributed by atoms with E-state index in [1.807, 2.05) is 34.6 Å². The molecule has 4 atom stereocenters. The molecule has 0 heterocycles. The highest BCUT2D eigenvalue weighted by atomic mass is 35.5. The summed E-state index contributed by atoms with van der Waals surface area (Å²) in [6, 6.07) is 2.65. The largest absolute Gasteiger partial charge is 0.508 e. The Balaban J connectivity index is 2.03. The molecule has 1 unspecified atom stereocenters. The van der Waals surface area contributed by atoms with Crippen molar-refractivity contribution in [2.75, 3.05) is 0 Å². The summed E-state index contributed by atoms with van der Waals surface area (Å²) in [4.78, 5) is 26.0. The number of halogens is 1. The Kier molecular flexibility index (Phi) is 4.56. The van der Waals surface area contributed by atoms with E-state index in [1.54, 1.807) is 0 Å². The van der Waals surface area contributed by atoms with Crippen molar-refractivity contribution < 1.29 is 19.8 Å². The number of Topliss-reactive ketones (excluding diaryl/α,β-unsaturated/α-hetero) is 2. The summed E-state index contributed by atoms with van der Waals surface area (Å²) in [6.07, 6.45) is 4.61. The van der Waals surface area contributed by atoms with E-state index >= 15 is 0 Å². The molecular formula is C25H29ClO4. The predicted molar refractivity (Wildman–Crippen MR) is 117 cm³/mol. The van der Waals surface area contributed by atoms with E-state index in [0.29, 0.717) is 24.8 Å². The van der Waals surface area contributed by atoms with Crippen molar-refractivity contribution in [3.8, 4) is 11.5 Å². The maximum absolute atomic E-state index is 14.0. The summed E-state index contributed by atoms with van der Waals surface area (Å²) in [6.45, 7) is 10.1. The lowest BCUT2D eigenvalue weighted by molar-refractivity contribution is -0.124. The summed E-state index contributed by atoms with van der Waals surface area (Å²) in [7, 11) is 0. The number of benzene rings is 1. The fraction of sp³-hybridized carbons (Fsp3) is 0.520. The van der Waals surface area contributed by atoms with Crippen LogP contribution in [0.2, 0.25) is 0 Å². The molecule has 0 radical (unpaired) electrons. The van der Waals surface area contributed by atoms with Gasteiger partial charge in [0.1, 0.15) is 11.5 Å². The van der Waals surface area contributed by atoms with Crippen molar-refractivity contribution in [3.05, 3.63) is 46.1 Å². The summed E-state index contributed by atoms with van der Waals surface area (Å²) >= 11 is 7.08. The van der Waals surface area contributed by atoms with E-state index in [2.05, 4.69) is 6.08 Å². The average molecular weight is 429 g/mol. The summed E-state index contributed by atoms with van der Waals surface area (Å²) in [5.41, 5.74) is 2.33. The van der Waals surface area contributed by atoms with Crippen LogP contribution in [-0.4, -0.2) is 26.7 Å². The first-order valence-electron chi connectivity index (χ1n) is 10.5. The van der Waals surface area contributed by atoms with E-state index in [0.717, 1.165) is 12.5 Å². The van der Waals surface area contributed by atoms with Gasteiger partial charge in [-0.15, -0.1) is 11.6 Å². The Morgan fingerprint density at radius 2 is 1.87 bits per heavy atom. The minimum atomic E-state index is -1.71. The molecule has 3 aliphatic carbocycles. The van der Waals surface area contributed by atoms with Crippen molar-refractivity contribution in [2.24, 2.45) is 11.3 Å². The summed E-state index contributed by atoms with van der Waals surface area (Å²) in [5.74, 6) is -1.41. The van der Waals surface area contributed by atoms with Crippen molar-refractivity contribution in [1.82, 2.24) is 0 Å². The Morgan fingerprint density at radius 1 is 1.20 bits per heavy atom. The highest BCUT2D eigenvalue weighted by Crippen LogP contribution is 2.73. The molecule has 1 spiro atoms. The highest BCUT2D eigenvalue weighted by molar-refractivity contribution is 6.53. The molecule has 3 aliphatic rings. The van der Waals surface area contributed by atoms with E-state index in [-0.39, 0.29) is 28.8 Å². The van der Waals surface area contributed by atoms with Gasteiger partial charge in [0.15, 0.2) is 16.4 Å². The van der Waals surface area contributed by atoms with Crippen LogP contribution in [0.25, 0.3) is 0 Å². The fourth-order valence-electron chi connectivity index (χ4n) is 6.30. The molecule has 0 amide bonds. The third-order valence-electron chi connectivity index (χ3n) is 7.86. The topological polar surface area (TPSA) is 74.6 Å². The van der Waals surface area contributed by atoms with Crippen LogP contribution in [0.1, 0.15) is 76.2 Å². The fourth-order valence-corrected chi connectivity index (χ4v) is 6.79. The molecule has 5 heteroatoms. The first-order chi connectivity index (χ1) is 13.9. The lowest BCUT2D eigenvalue weighted by Crippen LogP contribution is -2.54. The normalized spacial score (nSPS) is 34.1. The number of fused-ring (bicyclic) bond motifs is 2. The number of hydrogen-bond donors (Lipinski definition) is 2. The number of phenols is 2. The Labute approximate surface area is 182 Å². The van der Waals surface area contributed by atoms with Gasteiger partial charge in [-0.25, -0.2) is 0 Å². The molecule has 160 valence electrons. The van der Waals surface area contributed by atoms with Crippen LogP contribution in [-0.2, 0) is 10.2 Å². The zero-order valence-electron chi connectivity index (χ0n) is 18.2. The number of ketones is 2. The Morgan fingerprint density at radius 3 is 2.47 bits per heavy atom. The smallest absolute Gasteiger partial charge is 0.195 e. The molecule has 2 N–H and O–H groups in total. The number of carbonyl (C=O) groups excluding carboxylic acids is 2. The molecule has 4 nitrogen and oxygen atoms in total. The van der Waals surface area contributed by atoms with Crippen LogP contribution >= 0.6 is 11.6 Å². The monoisotopic (exact) mass is 428 g/mol. The molecule has 2 fully saturated rings. The zero-order valence-corrected chi connectivity index (χ0v) is 19.0. The number of carbonyl (C=O) groups is 2. The molecule has 0 saturated heterocycles. The van der Waals surface area contributed by atoms with Crippen molar-refractivity contribution in [1.29, 1.82) is 0 Å². The number of alkyl halides is 1. The van der Waals surface area contributed by atoms with Crippen LogP contribution in [0, 0.1) is 11.3 Å². The lowest BCUT2D eigenvalue weighted by Gasteiger charge is -2.40. The van der Waals surface area contributed by atoms with Gasteiger partial charge in [-0.05, 0) is 70.9 Å². The van der Waals surface area contributed by atoms with Gasteiger partial charge >= 0.3 is 0 Å². The Bertz CT molecular complexity index is 1040. The van der Waals surface area contributed by atoms with Crippen LogP contribution in [0.5, 0.6) is 11.5 Å². The first kappa shape index (κ1) is 21.2. The van der Waals surface area contributed by atoms with Crippen molar-refractivity contribution in [2.45, 2.75) is 70.6 Å². The maximum atomic E-state index is 14.0. The maximum Gasteiger partial charge on any atom is 0.195 e. The molecule has 1 aromatic rings. The second kappa shape index (κ2) is 6.46. The van der Waals surface area contributed by atoms with Crippen LogP contribution in [0.3, 0.4) is 0 Å². The van der Waals surface area contributed by atoms with Gasteiger partial charge in [0.2, 0.25) is 0 Å². The van der Waals surface area contributed by atoms with Crippen LogP contribution < -0.4 is 0 Å². The number of allylic oxidation sites excluding steroid dienone is 4. The zero-order chi connectivity index (χ0) is 22.2. The van der Waals surface area contributed by atoms with Gasteiger partial charge in [0, 0.05) is 11.5 Å². The van der Waals surface area contributed by atoms with Gasteiger partial charge < -0.3 is 10.2 Å². The minimum absolute atomic E-state index is 0.105. The van der Waals surface area contributed by atoms with Crippen LogP contribution in [0.15, 0.2) is 34.9 Å². The third-order valence-corrected chi connectivity index (χ3v) is 8.63. The van der Waals surface area contributed by atoms with E-state index in [4.69, 9.17) is 11.6 Å². The third kappa shape index (κ3) is 2.34. The number of hydrogen-bond acceptors (Lipinski definition) is 4. The number of phenolic OH excluding ortho intramolecular Hbond substituents is 2. The molecule has 2 saturated carbocycles. The van der Waals surface area contributed by atoms with Gasteiger partial charge in [0.05, 0.1) is 11.0 Å². The van der Waals surface area contributed by atoms with Crippen molar-refractivity contribution in [3.63, 3.8) is 0 Å². The Hall–Kier alpha value is -2.07. The molecule has 2 bridgehead atoms. The molecular weight excluding hydrogens is 400 g/mol. The van der Waals surface area contributed by atoms with Crippen LogP contribution in [0.4, 0.5) is 0 Å². The quantitative estimate of drug-likeness (QED) is 0.373. The second-order valence-electron chi connectivity index (χ2n) is 9.95. The predicted octanol–water partition coefficient (Wildman–Crippen LogP) is 5.59. The molecule has 0 aromatic heterocycles. The van der Waals surface area contributed by atoms with E-state index in [1.165, 1.54) is 22.8 Å². The van der Waals surface area contributed by atoms with Gasteiger partial charge in [-0.3, -0.25) is 9.59 Å². The highest BCUT2D eigenvalue weighted by Gasteiger charge is 2.80. The first-order valence-corrected chi connectivity index (χ1v) is 10.9. The van der Waals surface area contributed by atoms with Gasteiger partial charge in [-0.1, -0.05) is 29.7 Å². The van der Waals surface area contributed by atoms with E-state index in [9.17, 15) is 19.8 Å². The number of rotatable bonds is 3. The molecule has 0 aliphatic heterocycles. The van der Waals surface area contributed by atoms with Crippen molar-refractivity contribution >= 4 is 23.2 Å². The SMILES string of the molecule is CC(C)=CCC[C@]1(C)[C@H]2CC(=C(C)C)CC23C(=O)[C@]1(Cl)C(=O)c1c(O)cc(O)cc13. The minimum Gasteiger partial charge on any atom is -0.508 e. The molecule has 4 rings (SSSR count). The molecule has 30 heavy (non-hydrogen) atoms. The summed E-state index contributed by atoms with van der Waals surface area (Å²) in [5, 5.41) is 20.8. The van der Waals surface area contributed by atoms with Gasteiger partial charge in [0.25, 0.3) is 0 Å².